The van der Waals surface area contributed by atoms with Gasteiger partial charge in [-0.05, 0) is 51.1 Å². The smallest absolute Gasteiger partial charge is 0.418 e. The van der Waals surface area contributed by atoms with Gasteiger partial charge in [0.05, 0.1) is 30.3 Å². The fourth-order valence-corrected chi connectivity index (χ4v) is 3.01. The number of piperidine rings is 1. The van der Waals surface area contributed by atoms with E-state index in [1.165, 1.54) is 6.07 Å². The summed E-state index contributed by atoms with van der Waals surface area (Å²) in [6.07, 6.45) is -3.51. The van der Waals surface area contributed by atoms with Crippen LogP contribution in [0.1, 0.15) is 25.3 Å². The Bertz CT molecular complexity index is 659. The molecule has 2 rings (SSSR count). The minimum absolute atomic E-state index is 0.0462. The van der Waals surface area contributed by atoms with Crippen molar-refractivity contribution in [3.05, 3.63) is 28.8 Å². The number of carbonyl (C=O) groups excluding carboxylic acids is 2. The lowest BCUT2D eigenvalue weighted by Gasteiger charge is -2.30. The lowest BCUT2D eigenvalue weighted by molar-refractivity contribution is -0.149. The third-order valence-electron chi connectivity index (χ3n) is 4.14. The van der Waals surface area contributed by atoms with E-state index < -0.39 is 17.6 Å². The molecule has 0 bridgehead atoms. The first-order valence-corrected chi connectivity index (χ1v) is 8.64. The molecule has 1 amide bonds. The number of nitrogens with one attached hydrogen (secondary N) is 1. The Morgan fingerprint density at radius 3 is 2.54 bits per heavy atom. The number of alkyl halides is 3. The van der Waals surface area contributed by atoms with Gasteiger partial charge in [0.15, 0.2) is 0 Å². The molecule has 144 valence electrons. The molecular formula is C17H20ClF3N2O3. The average Bonchev–Trinajstić information content (AvgIpc) is 2.56. The zero-order valence-corrected chi connectivity index (χ0v) is 15.0. The van der Waals surface area contributed by atoms with E-state index in [0.717, 1.165) is 12.1 Å². The number of hydrogen-bond donors (Lipinski definition) is 1. The van der Waals surface area contributed by atoms with Crippen molar-refractivity contribution in [2.75, 3.05) is 31.6 Å². The minimum atomic E-state index is -4.62. The van der Waals surface area contributed by atoms with Crippen LogP contribution in [-0.4, -0.2) is 43.0 Å². The van der Waals surface area contributed by atoms with Gasteiger partial charge in [-0.3, -0.25) is 14.5 Å². The van der Waals surface area contributed by atoms with Crippen LogP contribution in [0.15, 0.2) is 18.2 Å². The van der Waals surface area contributed by atoms with Crippen molar-refractivity contribution >= 4 is 29.2 Å². The van der Waals surface area contributed by atoms with Gasteiger partial charge in [-0.25, -0.2) is 0 Å². The predicted molar refractivity (Wildman–Crippen MR) is 90.9 cm³/mol. The van der Waals surface area contributed by atoms with Crippen LogP contribution < -0.4 is 5.32 Å². The van der Waals surface area contributed by atoms with Crippen LogP contribution in [0, 0.1) is 5.92 Å². The maximum atomic E-state index is 13.1. The van der Waals surface area contributed by atoms with Crippen molar-refractivity contribution in [1.82, 2.24) is 4.90 Å². The second-order valence-corrected chi connectivity index (χ2v) is 6.47. The normalized spacial score (nSPS) is 16.3. The largest absolute Gasteiger partial charge is 0.466 e. The molecule has 0 spiro atoms. The SMILES string of the molecule is CCOC(=O)C1CCN(CC(=O)Nc2ccc(Cl)cc2C(F)(F)F)CC1. The number of benzene rings is 1. The van der Waals surface area contributed by atoms with Crippen molar-refractivity contribution in [2.24, 2.45) is 5.92 Å². The third-order valence-corrected chi connectivity index (χ3v) is 4.37. The van der Waals surface area contributed by atoms with Crippen molar-refractivity contribution in [1.29, 1.82) is 0 Å². The molecule has 0 saturated carbocycles. The van der Waals surface area contributed by atoms with Crippen LogP contribution in [0.3, 0.4) is 0 Å². The molecule has 1 heterocycles. The number of likely N-dealkylation sites (tertiary alicyclic amines) is 1. The van der Waals surface area contributed by atoms with E-state index in [2.05, 4.69) is 5.32 Å². The van der Waals surface area contributed by atoms with E-state index in [9.17, 15) is 22.8 Å². The van der Waals surface area contributed by atoms with Gasteiger partial charge in [-0.15, -0.1) is 0 Å². The predicted octanol–water partition coefficient (Wildman–Crippen LogP) is 3.57. The summed E-state index contributed by atoms with van der Waals surface area (Å²) >= 11 is 5.62. The topological polar surface area (TPSA) is 58.6 Å². The Balaban J connectivity index is 1.92. The summed E-state index contributed by atoms with van der Waals surface area (Å²) in [7, 11) is 0. The number of rotatable bonds is 5. The molecule has 9 heteroatoms. The molecule has 5 nitrogen and oxygen atoms in total. The third kappa shape index (κ3) is 5.60. The lowest BCUT2D eigenvalue weighted by atomic mass is 9.97. The maximum absolute atomic E-state index is 13.1. The lowest BCUT2D eigenvalue weighted by Crippen LogP contribution is -2.41. The van der Waals surface area contributed by atoms with Crippen LogP contribution in [-0.2, 0) is 20.5 Å². The van der Waals surface area contributed by atoms with Crippen molar-refractivity contribution < 1.29 is 27.5 Å². The van der Waals surface area contributed by atoms with E-state index in [1.807, 2.05) is 0 Å². The molecule has 1 aromatic rings. The monoisotopic (exact) mass is 392 g/mol. The Hall–Kier alpha value is -1.80. The van der Waals surface area contributed by atoms with E-state index in [0.29, 0.717) is 32.5 Å². The molecule has 0 atom stereocenters. The number of carbonyl (C=O) groups is 2. The molecule has 1 aliphatic heterocycles. The Morgan fingerprint density at radius 2 is 1.96 bits per heavy atom. The Labute approximate surface area is 154 Å². The first-order chi connectivity index (χ1) is 12.2. The summed E-state index contributed by atoms with van der Waals surface area (Å²) in [6.45, 7) is 3.02. The van der Waals surface area contributed by atoms with Crippen LogP contribution in [0.2, 0.25) is 5.02 Å². The van der Waals surface area contributed by atoms with Gasteiger partial charge in [0.2, 0.25) is 5.91 Å². The maximum Gasteiger partial charge on any atom is 0.418 e. The average molecular weight is 393 g/mol. The first kappa shape index (κ1) is 20.5. The summed E-state index contributed by atoms with van der Waals surface area (Å²) in [5.74, 6) is -0.984. The van der Waals surface area contributed by atoms with Gasteiger partial charge in [-0.1, -0.05) is 11.6 Å². The summed E-state index contributed by atoms with van der Waals surface area (Å²) < 4.78 is 44.1. The van der Waals surface area contributed by atoms with E-state index in [-0.39, 0.29) is 29.1 Å². The summed E-state index contributed by atoms with van der Waals surface area (Å²) in [5.41, 5.74) is -1.31. The zero-order chi connectivity index (χ0) is 19.3. The van der Waals surface area contributed by atoms with Gasteiger partial charge in [0.1, 0.15) is 0 Å². The number of ether oxygens (including phenoxy) is 1. The summed E-state index contributed by atoms with van der Waals surface area (Å²) in [6, 6.07) is 3.20. The molecule has 1 saturated heterocycles. The van der Waals surface area contributed by atoms with Crippen molar-refractivity contribution in [3.63, 3.8) is 0 Å². The van der Waals surface area contributed by atoms with Gasteiger partial charge < -0.3 is 10.1 Å². The van der Waals surface area contributed by atoms with Crippen molar-refractivity contribution in [2.45, 2.75) is 25.9 Å². The van der Waals surface area contributed by atoms with Crippen LogP contribution in [0.5, 0.6) is 0 Å². The molecule has 0 radical (unpaired) electrons. The van der Waals surface area contributed by atoms with Crippen LogP contribution in [0.4, 0.5) is 18.9 Å². The Kier molecular flexibility index (Phi) is 6.88. The molecule has 26 heavy (non-hydrogen) atoms. The fraction of sp³-hybridized carbons (Fsp3) is 0.529. The van der Waals surface area contributed by atoms with Gasteiger partial charge in [0, 0.05) is 5.02 Å². The highest BCUT2D eigenvalue weighted by atomic mass is 35.5. The second-order valence-electron chi connectivity index (χ2n) is 6.04. The quantitative estimate of drug-likeness (QED) is 0.778. The van der Waals surface area contributed by atoms with E-state index in [1.54, 1.807) is 11.8 Å². The van der Waals surface area contributed by atoms with Gasteiger partial charge in [0.25, 0.3) is 0 Å². The minimum Gasteiger partial charge on any atom is -0.466 e. The molecule has 0 aliphatic carbocycles. The summed E-state index contributed by atoms with van der Waals surface area (Å²) in [4.78, 5) is 25.6. The number of esters is 1. The van der Waals surface area contributed by atoms with Gasteiger partial charge >= 0.3 is 12.1 Å². The molecule has 1 aromatic carbocycles. The molecule has 1 N–H and O–H groups in total. The zero-order valence-electron chi connectivity index (χ0n) is 14.2. The van der Waals surface area contributed by atoms with Gasteiger partial charge in [-0.2, -0.15) is 13.2 Å². The van der Waals surface area contributed by atoms with Crippen LogP contribution >= 0.6 is 11.6 Å². The standard InChI is InChI=1S/C17H20ClF3N2O3/c1-2-26-16(25)11-5-7-23(8-6-11)10-15(24)22-14-4-3-12(18)9-13(14)17(19,20)21/h3-4,9,11H,2,5-8,10H2,1H3,(H,22,24). The summed E-state index contributed by atoms with van der Waals surface area (Å²) in [5, 5.41) is 2.24. The molecule has 0 aromatic heterocycles. The van der Waals surface area contributed by atoms with Crippen molar-refractivity contribution in [3.8, 4) is 0 Å². The molecule has 1 fully saturated rings. The number of halogens is 4. The van der Waals surface area contributed by atoms with Crippen LogP contribution in [0.25, 0.3) is 0 Å². The highest BCUT2D eigenvalue weighted by molar-refractivity contribution is 6.30. The fourth-order valence-electron chi connectivity index (χ4n) is 2.84. The highest BCUT2D eigenvalue weighted by Crippen LogP contribution is 2.36. The number of amides is 1. The number of hydrogen-bond acceptors (Lipinski definition) is 4. The number of anilines is 1. The molecule has 1 aliphatic rings. The highest BCUT2D eigenvalue weighted by Gasteiger charge is 2.34. The molecular weight excluding hydrogens is 373 g/mol. The second kappa shape index (κ2) is 8.73. The Morgan fingerprint density at radius 1 is 1.31 bits per heavy atom. The first-order valence-electron chi connectivity index (χ1n) is 8.26. The van der Waals surface area contributed by atoms with E-state index in [4.69, 9.17) is 16.3 Å². The molecule has 0 unspecified atom stereocenters. The number of nitrogens with zero attached hydrogens (tertiary/aromatic N) is 1. The van der Waals surface area contributed by atoms with E-state index >= 15 is 0 Å².